The van der Waals surface area contributed by atoms with Crippen molar-refractivity contribution >= 4 is 35.0 Å². The van der Waals surface area contributed by atoms with Gasteiger partial charge in [-0.2, -0.15) is 0 Å². The second-order valence-corrected chi connectivity index (χ2v) is 9.05. The van der Waals surface area contributed by atoms with E-state index in [1.807, 2.05) is 103 Å². The Morgan fingerprint density at radius 2 is 1.43 bits per heavy atom. The molecule has 0 aliphatic heterocycles. The van der Waals surface area contributed by atoms with Gasteiger partial charge in [0.25, 0.3) is 0 Å². The highest BCUT2D eigenvalue weighted by molar-refractivity contribution is 8.00. The van der Waals surface area contributed by atoms with Crippen molar-refractivity contribution in [2.45, 2.75) is 16.6 Å². The topological polar surface area (TPSA) is 67.4 Å². The lowest BCUT2D eigenvalue weighted by Crippen LogP contribution is -2.19. The van der Waals surface area contributed by atoms with E-state index in [-0.39, 0.29) is 11.8 Å². The lowest BCUT2D eigenvalue weighted by molar-refractivity contribution is -0.116. The molecule has 1 atom stereocenters. The van der Waals surface area contributed by atoms with Crippen LogP contribution in [-0.4, -0.2) is 18.9 Å². The molecule has 0 fully saturated rings. The molecule has 0 aromatic heterocycles. The zero-order valence-electron chi connectivity index (χ0n) is 19.3. The predicted octanol–water partition coefficient (Wildman–Crippen LogP) is 6.35. The Labute approximate surface area is 209 Å². The summed E-state index contributed by atoms with van der Waals surface area (Å²) in [6.45, 7) is 0. The summed E-state index contributed by atoms with van der Waals surface area (Å²) in [6, 6.07) is 34.1. The van der Waals surface area contributed by atoms with Crippen molar-refractivity contribution in [1.29, 1.82) is 0 Å². The Hall–Kier alpha value is -4.03. The second kappa shape index (κ2) is 11.9. The van der Waals surface area contributed by atoms with E-state index in [9.17, 15) is 9.59 Å². The van der Waals surface area contributed by atoms with E-state index in [0.717, 1.165) is 16.0 Å². The molecule has 0 saturated carbocycles. The summed E-state index contributed by atoms with van der Waals surface area (Å²) >= 11 is 1.43. The summed E-state index contributed by atoms with van der Waals surface area (Å²) in [5.41, 5.74) is 3.19. The van der Waals surface area contributed by atoms with Crippen LogP contribution in [0.5, 0.6) is 5.75 Å². The zero-order chi connectivity index (χ0) is 24.5. The number of hydrogen-bond acceptors (Lipinski definition) is 4. The molecule has 0 heterocycles. The maximum absolute atomic E-state index is 13.3. The first kappa shape index (κ1) is 24.1. The van der Waals surface area contributed by atoms with Crippen molar-refractivity contribution in [2.24, 2.45) is 0 Å². The summed E-state index contributed by atoms with van der Waals surface area (Å²) < 4.78 is 5.27. The van der Waals surface area contributed by atoms with Crippen molar-refractivity contribution in [2.75, 3.05) is 17.7 Å². The fourth-order valence-electron chi connectivity index (χ4n) is 3.58. The molecule has 176 valence electrons. The fraction of sp³-hybridized carbons (Fsp3) is 0.103. The molecule has 2 N–H and O–H groups in total. The Bertz CT molecular complexity index is 1280. The van der Waals surface area contributed by atoms with Gasteiger partial charge in [0.15, 0.2) is 0 Å². The Kier molecular flexibility index (Phi) is 8.20. The molecule has 0 bridgehead atoms. The Morgan fingerprint density at radius 1 is 0.771 bits per heavy atom. The molecule has 5 nitrogen and oxygen atoms in total. The molecule has 6 heteroatoms. The van der Waals surface area contributed by atoms with Crippen molar-refractivity contribution in [3.05, 3.63) is 120 Å². The maximum Gasteiger partial charge on any atom is 0.242 e. The molecule has 4 aromatic rings. The SMILES string of the molecule is COc1cccc(NC(=O)C(Sc2cccc(NC(=O)Cc3ccccc3)c2)c2ccccc2)c1. The summed E-state index contributed by atoms with van der Waals surface area (Å²) in [4.78, 5) is 26.7. The van der Waals surface area contributed by atoms with Gasteiger partial charge in [-0.05, 0) is 41.5 Å². The van der Waals surface area contributed by atoms with Gasteiger partial charge in [-0.25, -0.2) is 0 Å². The van der Waals surface area contributed by atoms with Crippen LogP contribution in [0.15, 0.2) is 114 Å². The van der Waals surface area contributed by atoms with E-state index in [1.54, 1.807) is 13.2 Å². The number of nitrogens with one attached hydrogen (secondary N) is 2. The summed E-state index contributed by atoms with van der Waals surface area (Å²) in [6.07, 6.45) is 0.299. The molecule has 0 radical (unpaired) electrons. The minimum atomic E-state index is -0.488. The highest BCUT2D eigenvalue weighted by Crippen LogP contribution is 2.37. The van der Waals surface area contributed by atoms with Gasteiger partial charge in [0.05, 0.1) is 13.5 Å². The highest BCUT2D eigenvalue weighted by Gasteiger charge is 2.22. The number of benzene rings is 4. The van der Waals surface area contributed by atoms with Crippen molar-refractivity contribution in [3.63, 3.8) is 0 Å². The van der Waals surface area contributed by atoms with Crippen LogP contribution in [0, 0.1) is 0 Å². The van der Waals surface area contributed by atoms with Crippen LogP contribution in [0.4, 0.5) is 11.4 Å². The zero-order valence-corrected chi connectivity index (χ0v) is 20.1. The third-order valence-electron chi connectivity index (χ3n) is 5.26. The van der Waals surface area contributed by atoms with E-state index in [2.05, 4.69) is 10.6 Å². The summed E-state index contributed by atoms with van der Waals surface area (Å²) in [7, 11) is 1.59. The van der Waals surface area contributed by atoms with Crippen LogP contribution in [0.3, 0.4) is 0 Å². The van der Waals surface area contributed by atoms with E-state index in [1.165, 1.54) is 11.8 Å². The van der Waals surface area contributed by atoms with Crippen molar-refractivity contribution < 1.29 is 14.3 Å². The monoisotopic (exact) mass is 482 g/mol. The predicted molar refractivity (Wildman–Crippen MR) is 142 cm³/mol. The van der Waals surface area contributed by atoms with Gasteiger partial charge in [-0.1, -0.05) is 72.8 Å². The van der Waals surface area contributed by atoms with Crippen molar-refractivity contribution in [3.8, 4) is 5.75 Å². The van der Waals surface area contributed by atoms with E-state index in [4.69, 9.17) is 4.74 Å². The van der Waals surface area contributed by atoms with Gasteiger partial charge in [-0.3, -0.25) is 9.59 Å². The summed E-state index contributed by atoms with van der Waals surface area (Å²) in [5, 5.41) is 5.47. The average molecular weight is 483 g/mol. The molecule has 4 aromatic carbocycles. The molecule has 0 saturated heterocycles. The molecule has 0 aliphatic rings. The van der Waals surface area contributed by atoms with Gasteiger partial charge in [0.1, 0.15) is 11.0 Å². The maximum atomic E-state index is 13.3. The van der Waals surface area contributed by atoms with Crippen LogP contribution in [0.2, 0.25) is 0 Å². The van der Waals surface area contributed by atoms with Crippen LogP contribution in [-0.2, 0) is 16.0 Å². The molecule has 4 rings (SSSR count). The average Bonchev–Trinajstić information content (AvgIpc) is 2.88. The number of carbonyl (C=O) groups excluding carboxylic acids is 2. The van der Waals surface area contributed by atoms with Gasteiger partial charge in [-0.15, -0.1) is 11.8 Å². The minimum absolute atomic E-state index is 0.0891. The molecular weight excluding hydrogens is 456 g/mol. The number of methoxy groups -OCH3 is 1. The molecule has 35 heavy (non-hydrogen) atoms. The van der Waals surface area contributed by atoms with E-state index < -0.39 is 5.25 Å². The summed E-state index contributed by atoms with van der Waals surface area (Å²) in [5.74, 6) is 0.437. The van der Waals surface area contributed by atoms with E-state index in [0.29, 0.717) is 23.5 Å². The number of thioether (sulfide) groups is 1. The largest absolute Gasteiger partial charge is 0.497 e. The normalized spacial score (nSPS) is 11.3. The Balaban J connectivity index is 1.50. The third-order valence-corrected chi connectivity index (χ3v) is 6.51. The lowest BCUT2D eigenvalue weighted by Gasteiger charge is -2.18. The van der Waals surface area contributed by atoms with Crippen LogP contribution in [0.25, 0.3) is 0 Å². The second-order valence-electron chi connectivity index (χ2n) is 7.87. The molecule has 0 spiro atoms. The number of anilines is 2. The van der Waals surface area contributed by atoms with Crippen molar-refractivity contribution in [1.82, 2.24) is 0 Å². The minimum Gasteiger partial charge on any atom is -0.497 e. The molecular formula is C29H26N2O3S. The first-order valence-corrected chi connectivity index (χ1v) is 12.1. The molecule has 0 aliphatic carbocycles. The molecule has 1 unspecified atom stereocenters. The standard InChI is InChI=1S/C29H26N2O3S/c1-34-25-16-8-14-23(19-25)31-29(33)28(22-12-6-3-7-13-22)35-26-17-9-15-24(20-26)30-27(32)18-21-10-4-2-5-11-21/h2-17,19-20,28H,18H2,1H3,(H,30,32)(H,31,33). The number of carbonyl (C=O) groups is 2. The lowest BCUT2D eigenvalue weighted by atomic mass is 10.1. The van der Waals surface area contributed by atoms with Gasteiger partial charge < -0.3 is 15.4 Å². The first-order chi connectivity index (χ1) is 17.1. The van der Waals surface area contributed by atoms with E-state index >= 15 is 0 Å². The molecule has 2 amide bonds. The number of hydrogen-bond donors (Lipinski definition) is 2. The first-order valence-electron chi connectivity index (χ1n) is 11.2. The third kappa shape index (κ3) is 6.98. The number of amides is 2. The number of rotatable bonds is 9. The smallest absolute Gasteiger partial charge is 0.242 e. The number of ether oxygens (including phenoxy) is 1. The van der Waals surface area contributed by atoms with Gasteiger partial charge in [0, 0.05) is 22.3 Å². The van der Waals surface area contributed by atoms with Crippen LogP contribution >= 0.6 is 11.8 Å². The van der Waals surface area contributed by atoms with Gasteiger partial charge >= 0.3 is 0 Å². The highest BCUT2D eigenvalue weighted by atomic mass is 32.2. The van der Waals surface area contributed by atoms with Crippen LogP contribution < -0.4 is 15.4 Å². The quantitative estimate of drug-likeness (QED) is 0.273. The fourth-order valence-corrected chi connectivity index (χ4v) is 4.66. The Morgan fingerprint density at radius 3 is 2.14 bits per heavy atom. The van der Waals surface area contributed by atoms with Crippen LogP contribution in [0.1, 0.15) is 16.4 Å². The van der Waals surface area contributed by atoms with Gasteiger partial charge in [0.2, 0.25) is 11.8 Å².